The Bertz CT molecular complexity index is 692. The number of ether oxygens (including phenoxy) is 1. The van der Waals surface area contributed by atoms with Crippen molar-refractivity contribution in [3.63, 3.8) is 0 Å². The van der Waals surface area contributed by atoms with Gasteiger partial charge in [-0.3, -0.25) is 19.0 Å². The van der Waals surface area contributed by atoms with Gasteiger partial charge in [-0.25, -0.2) is 13.2 Å². The summed E-state index contributed by atoms with van der Waals surface area (Å²) < 4.78 is 63.7. The summed E-state index contributed by atoms with van der Waals surface area (Å²) in [5, 5.41) is 0. The number of carbonyl (C=O) groups excluding carboxylic acids is 2. The topological polar surface area (TPSA) is 74.3 Å². The number of hydrogen-bond donors (Lipinski definition) is 0. The van der Waals surface area contributed by atoms with E-state index < -0.39 is 68.1 Å². The lowest BCUT2D eigenvalue weighted by Gasteiger charge is -2.41. The van der Waals surface area contributed by atoms with Crippen molar-refractivity contribution >= 4 is 30.2 Å². The first-order valence-electron chi connectivity index (χ1n) is 7.81. The van der Waals surface area contributed by atoms with Crippen molar-refractivity contribution in [2.45, 2.75) is 56.9 Å². The van der Waals surface area contributed by atoms with Gasteiger partial charge in [0, 0.05) is 6.20 Å². The average Bonchev–Trinajstić information content (AvgIpc) is 2.80. The van der Waals surface area contributed by atoms with E-state index in [0.717, 1.165) is 17.2 Å². The molecule has 0 aromatic carbocycles. The van der Waals surface area contributed by atoms with Crippen molar-refractivity contribution in [2.75, 3.05) is 6.61 Å². The lowest BCUT2D eigenvalue weighted by molar-refractivity contribution is -0.209. The van der Waals surface area contributed by atoms with Crippen LogP contribution in [0.15, 0.2) is 12.3 Å². The maximum Gasteiger partial charge on any atom is 0.328 e. The van der Waals surface area contributed by atoms with Gasteiger partial charge >= 0.3 is 6.72 Å². The van der Waals surface area contributed by atoms with E-state index in [2.05, 4.69) is 0 Å². The summed E-state index contributed by atoms with van der Waals surface area (Å²) in [5.74, 6) is -1.23. The van der Waals surface area contributed by atoms with Crippen molar-refractivity contribution in [3.05, 3.63) is 12.3 Å². The third-order valence-electron chi connectivity index (χ3n) is 4.09. The SMILES string of the molecule is CC(C)OP1(=S)OC[C@@]2(C(F)F)O[C@@H](N3C=CC(=O)CC3=O)[C@H](F)[C@@H]2O1. The molecule has 3 rings (SSSR count). The summed E-state index contributed by atoms with van der Waals surface area (Å²) in [6.45, 7) is -0.894. The number of rotatable bonds is 4. The average molecular weight is 415 g/mol. The fourth-order valence-corrected chi connectivity index (χ4v) is 5.50. The predicted molar refractivity (Wildman–Crippen MR) is 85.4 cm³/mol. The molecule has 0 saturated carbocycles. The molecule has 0 aliphatic carbocycles. The Kier molecular flexibility index (Phi) is 5.33. The van der Waals surface area contributed by atoms with Gasteiger partial charge in [-0.05, 0) is 31.7 Å². The van der Waals surface area contributed by atoms with Crippen LogP contribution in [0.3, 0.4) is 0 Å². The molecule has 0 aromatic rings. The number of hydrogen-bond acceptors (Lipinski definition) is 7. The summed E-state index contributed by atoms with van der Waals surface area (Å²) >= 11 is 5.11. The highest BCUT2D eigenvalue weighted by Crippen LogP contribution is 2.61. The Morgan fingerprint density at radius 3 is 2.69 bits per heavy atom. The van der Waals surface area contributed by atoms with Gasteiger partial charge in [0.05, 0.1) is 19.1 Å². The number of amides is 1. The van der Waals surface area contributed by atoms with Crippen molar-refractivity contribution in [2.24, 2.45) is 0 Å². The third kappa shape index (κ3) is 3.36. The number of fused-ring (bicyclic) bond motifs is 1. The molecule has 5 atom stereocenters. The minimum Gasteiger partial charge on any atom is -0.337 e. The lowest BCUT2D eigenvalue weighted by Crippen LogP contribution is -2.55. The molecule has 3 aliphatic rings. The Morgan fingerprint density at radius 1 is 1.42 bits per heavy atom. The van der Waals surface area contributed by atoms with Crippen molar-refractivity contribution in [1.82, 2.24) is 4.90 Å². The molecule has 12 heteroatoms. The second kappa shape index (κ2) is 6.96. The number of allylic oxidation sites excluding steroid dienone is 1. The minimum absolute atomic E-state index is 0.423. The molecule has 3 heterocycles. The van der Waals surface area contributed by atoms with Crippen LogP contribution in [0, 0.1) is 0 Å². The number of halogens is 3. The highest BCUT2D eigenvalue weighted by atomic mass is 32.5. The van der Waals surface area contributed by atoms with Crippen molar-refractivity contribution < 1.29 is 41.1 Å². The molecule has 0 N–H and O–H groups in total. The molecule has 2 saturated heterocycles. The Labute approximate surface area is 152 Å². The molecule has 0 aromatic heterocycles. The Hall–Kier alpha value is -0.840. The van der Waals surface area contributed by atoms with E-state index in [-0.39, 0.29) is 0 Å². The van der Waals surface area contributed by atoms with Crippen LogP contribution in [0.4, 0.5) is 13.2 Å². The van der Waals surface area contributed by atoms with Gasteiger partial charge in [-0.15, -0.1) is 0 Å². The highest BCUT2D eigenvalue weighted by Gasteiger charge is 2.67. The molecular weight excluding hydrogens is 398 g/mol. The number of nitrogens with zero attached hydrogens (tertiary/aromatic N) is 1. The van der Waals surface area contributed by atoms with Crippen molar-refractivity contribution in [3.8, 4) is 0 Å². The zero-order valence-corrected chi connectivity index (χ0v) is 15.6. The summed E-state index contributed by atoms with van der Waals surface area (Å²) in [7, 11) is 0. The fraction of sp³-hybridized carbons (Fsp3) is 0.714. The molecule has 1 amide bonds. The van der Waals surface area contributed by atoms with Gasteiger partial charge in [-0.1, -0.05) is 0 Å². The van der Waals surface area contributed by atoms with Crippen LogP contribution in [0.2, 0.25) is 0 Å². The summed E-state index contributed by atoms with van der Waals surface area (Å²) in [5.41, 5.74) is -2.43. The Balaban J connectivity index is 1.90. The molecule has 0 radical (unpaired) electrons. The summed E-state index contributed by atoms with van der Waals surface area (Å²) in [6, 6.07) is 0. The molecule has 0 spiro atoms. The van der Waals surface area contributed by atoms with E-state index >= 15 is 4.39 Å². The first kappa shape index (κ1) is 19.9. The van der Waals surface area contributed by atoms with E-state index in [9.17, 15) is 18.4 Å². The first-order chi connectivity index (χ1) is 12.1. The number of ketones is 1. The minimum atomic E-state index is -3.45. The van der Waals surface area contributed by atoms with E-state index in [1.807, 2.05) is 0 Å². The monoisotopic (exact) mass is 415 g/mol. The van der Waals surface area contributed by atoms with Crippen LogP contribution in [0.25, 0.3) is 0 Å². The zero-order valence-electron chi connectivity index (χ0n) is 13.8. The molecule has 7 nitrogen and oxygen atoms in total. The van der Waals surface area contributed by atoms with Crippen LogP contribution in [-0.4, -0.2) is 59.8 Å². The Morgan fingerprint density at radius 2 is 2.12 bits per heavy atom. The molecule has 0 bridgehead atoms. The summed E-state index contributed by atoms with van der Waals surface area (Å²) in [4.78, 5) is 24.0. The van der Waals surface area contributed by atoms with Gasteiger partial charge in [-0.2, -0.15) is 0 Å². The van der Waals surface area contributed by atoms with E-state index in [1.54, 1.807) is 13.8 Å². The standard InChI is InChI=1S/C14H17F3NO6PS/c1-7(2)23-25(26)21-6-14(13(16)17)11(24-25)10(15)12(22-14)18-4-3-8(19)5-9(18)20/h3-4,7,10-13H,5-6H2,1-2H3/t10-,11+,12-,14-,25?/m1/s1. The van der Waals surface area contributed by atoms with Crippen LogP contribution in [0.1, 0.15) is 20.3 Å². The van der Waals surface area contributed by atoms with Crippen molar-refractivity contribution in [1.29, 1.82) is 0 Å². The highest BCUT2D eigenvalue weighted by molar-refractivity contribution is 8.07. The van der Waals surface area contributed by atoms with E-state index in [0.29, 0.717) is 0 Å². The molecular formula is C14H17F3NO6PS. The van der Waals surface area contributed by atoms with Crippen LogP contribution >= 0.6 is 6.72 Å². The fourth-order valence-electron chi connectivity index (χ4n) is 2.92. The molecule has 26 heavy (non-hydrogen) atoms. The largest absolute Gasteiger partial charge is 0.337 e. The molecule has 146 valence electrons. The number of alkyl halides is 3. The molecule has 2 fully saturated rings. The van der Waals surface area contributed by atoms with Crippen LogP contribution in [-0.2, 0) is 39.7 Å². The summed E-state index contributed by atoms with van der Waals surface area (Å²) in [6.07, 6.45) is -7.60. The number of carbonyl (C=O) groups is 2. The smallest absolute Gasteiger partial charge is 0.328 e. The lowest BCUT2D eigenvalue weighted by atomic mass is 9.97. The van der Waals surface area contributed by atoms with Gasteiger partial charge < -0.3 is 13.8 Å². The van der Waals surface area contributed by atoms with E-state index in [1.165, 1.54) is 0 Å². The molecule has 3 aliphatic heterocycles. The molecule has 1 unspecified atom stereocenters. The van der Waals surface area contributed by atoms with Gasteiger partial charge in [0.2, 0.25) is 5.91 Å². The van der Waals surface area contributed by atoms with Crippen LogP contribution < -0.4 is 0 Å². The predicted octanol–water partition coefficient (Wildman–Crippen LogP) is 2.06. The third-order valence-corrected chi connectivity index (χ3v) is 6.54. The quantitative estimate of drug-likeness (QED) is 0.514. The maximum atomic E-state index is 15.0. The second-order valence-corrected chi connectivity index (χ2v) is 9.29. The van der Waals surface area contributed by atoms with Crippen LogP contribution in [0.5, 0.6) is 0 Å². The van der Waals surface area contributed by atoms with Gasteiger partial charge in [0.25, 0.3) is 6.43 Å². The van der Waals surface area contributed by atoms with Gasteiger partial charge in [0.15, 0.2) is 23.8 Å². The second-order valence-electron chi connectivity index (χ2n) is 6.37. The first-order valence-corrected chi connectivity index (χ1v) is 10.4. The maximum absolute atomic E-state index is 15.0. The van der Waals surface area contributed by atoms with Gasteiger partial charge in [0.1, 0.15) is 6.10 Å². The van der Waals surface area contributed by atoms with E-state index in [4.69, 9.17) is 30.1 Å². The zero-order chi connectivity index (χ0) is 19.3. The normalized spacial score (nSPS) is 40.6.